The zero-order valence-corrected chi connectivity index (χ0v) is 15.3. The van der Waals surface area contributed by atoms with E-state index >= 15 is 0 Å². The molecule has 0 radical (unpaired) electrons. The number of fused-ring (bicyclic) bond motifs is 1. The maximum atomic E-state index is 12.2. The zero-order chi connectivity index (χ0) is 17.8. The van der Waals surface area contributed by atoms with Gasteiger partial charge in [-0.3, -0.25) is 9.59 Å². The van der Waals surface area contributed by atoms with Crippen LogP contribution in [0.2, 0.25) is 5.02 Å². The van der Waals surface area contributed by atoms with E-state index in [1.165, 1.54) is 11.3 Å². The van der Waals surface area contributed by atoms with Gasteiger partial charge in [0.1, 0.15) is 0 Å². The molecule has 1 aliphatic heterocycles. The van der Waals surface area contributed by atoms with E-state index < -0.39 is 0 Å². The highest BCUT2D eigenvalue weighted by atomic mass is 35.5. The third-order valence-electron chi connectivity index (χ3n) is 3.71. The lowest BCUT2D eigenvalue weighted by molar-refractivity contribution is -0.116. The first-order chi connectivity index (χ1) is 12.0. The van der Waals surface area contributed by atoms with Crippen molar-refractivity contribution >= 4 is 40.3 Å². The molecule has 1 amide bonds. The van der Waals surface area contributed by atoms with Crippen LogP contribution in [0.1, 0.15) is 33.8 Å². The number of carbonyl (C=O) groups is 2. The summed E-state index contributed by atoms with van der Waals surface area (Å²) >= 11 is 7.64. The Bertz CT molecular complexity index is 802. The van der Waals surface area contributed by atoms with Crippen LogP contribution in [0, 0.1) is 6.92 Å². The summed E-state index contributed by atoms with van der Waals surface area (Å²) in [5.74, 6) is 0.835. The summed E-state index contributed by atoms with van der Waals surface area (Å²) < 4.78 is 11.1. The van der Waals surface area contributed by atoms with Gasteiger partial charge in [0, 0.05) is 36.3 Å². The number of benzene rings is 1. The minimum absolute atomic E-state index is 0.0296. The van der Waals surface area contributed by atoms with Crippen LogP contribution in [0.25, 0.3) is 0 Å². The third-order valence-corrected chi connectivity index (χ3v) is 5.06. The number of ether oxygens (including phenoxy) is 2. The number of hydrogen-bond donors (Lipinski definition) is 1. The molecule has 7 heteroatoms. The molecule has 0 bridgehead atoms. The van der Waals surface area contributed by atoms with E-state index in [4.69, 9.17) is 21.1 Å². The number of amides is 1. The van der Waals surface area contributed by atoms with Gasteiger partial charge in [0.2, 0.25) is 5.91 Å². The fraction of sp³-hybridized carbons (Fsp3) is 0.333. The number of ketones is 1. The van der Waals surface area contributed by atoms with Gasteiger partial charge in [-0.15, -0.1) is 11.3 Å². The highest BCUT2D eigenvalue weighted by Gasteiger charge is 2.16. The minimum atomic E-state index is -0.266. The van der Waals surface area contributed by atoms with Crippen molar-refractivity contribution in [3.63, 3.8) is 0 Å². The van der Waals surface area contributed by atoms with Gasteiger partial charge in [0.15, 0.2) is 17.3 Å². The number of carbonyl (C=O) groups excluding carboxylic acids is 2. The molecule has 2 aromatic rings. The van der Waals surface area contributed by atoms with Crippen LogP contribution in [0.15, 0.2) is 24.3 Å². The SMILES string of the molecule is Cc1ccc(C(=O)CCC(=O)Nc2cc3c(cc2Cl)OCCCO3)s1. The lowest BCUT2D eigenvalue weighted by Gasteiger charge is -2.12. The number of hydrogen-bond acceptors (Lipinski definition) is 5. The number of aryl methyl sites for hydroxylation is 1. The van der Waals surface area contributed by atoms with Gasteiger partial charge < -0.3 is 14.8 Å². The van der Waals surface area contributed by atoms with E-state index in [1.54, 1.807) is 18.2 Å². The Kier molecular flexibility index (Phi) is 5.60. The van der Waals surface area contributed by atoms with Crippen molar-refractivity contribution in [3.8, 4) is 11.5 Å². The van der Waals surface area contributed by atoms with Crippen molar-refractivity contribution in [2.24, 2.45) is 0 Å². The second kappa shape index (κ2) is 7.89. The second-order valence-electron chi connectivity index (χ2n) is 5.71. The Morgan fingerprint density at radius 2 is 1.88 bits per heavy atom. The van der Waals surface area contributed by atoms with Crippen molar-refractivity contribution < 1.29 is 19.1 Å². The molecule has 1 aromatic heterocycles. The van der Waals surface area contributed by atoms with E-state index in [2.05, 4.69) is 5.32 Å². The summed E-state index contributed by atoms with van der Waals surface area (Å²) in [5.41, 5.74) is 0.454. The van der Waals surface area contributed by atoms with E-state index in [-0.39, 0.29) is 24.5 Å². The van der Waals surface area contributed by atoms with Gasteiger partial charge in [-0.05, 0) is 19.1 Å². The summed E-state index contributed by atoms with van der Waals surface area (Å²) in [5, 5.41) is 3.11. The minimum Gasteiger partial charge on any atom is -0.490 e. The van der Waals surface area contributed by atoms with Crippen LogP contribution >= 0.6 is 22.9 Å². The summed E-state index contributed by atoms with van der Waals surface area (Å²) in [7, 11) is 0. The molecule has 0 saturated heterocycles. The van der Waals surface area contributed by atoms with Crippen LogP contribution < -0.4 is 14.8 Å². The highest BCUT2D eigenvalue weighted by molar-refractivity contribution is 7.14. The molecule has 0 atom stereocenters. The van der Waals surface area contributed by atoms with Gasteiger partial charge in [-0.1, -0.05) is 11.6 Å². The lowest BCUT2D eigenvalue weighted by atomic mass is 10.2. The summed E-state index contributed by atoms with van der Waals surface area (Å²) in [4.78, 5) is 26.0. The fourth-order valence-electron chi connectivity index (χ4n) is 2.43. The van der Waals surface area contributed by atoms with Crippen molar-refractivity contribution in [3.05, 3.63) is 39.0 Å². The molecule has 1 aliphatic rings. The third kappa shape index (κ3) is 4.52. The van der Waals surface area contributed by atoms with Gasteiger partial charge in [0.05, 0.1) is 28.8 Å². The first kappa shape index (κ1) is 17.8. The van der Waals surface area contributed by atoms with Gasteiger partial charge in [0.25, 0.3) is 0 Å². The Balaban J connectivity index is 1.61. The largest absolute Gasteiger partial charge is 0.490 e. The number of halogens is 1. The predicted octanol–water partition coefficient (Wildman–Crippen LogP) is 4.47. The molecule has 1 N–H and O–H groups in total. The molecule has 0 aliphatic carbocycles. The molecule has 2 heterocycles. The van der Waals surface area contributed by atoms with Crippen molar-refractivity contribution in [1.29, 1.82) is 0 Å². The van der Waals surface area contributed by atoms with E-state index in [0.717, 1.165) is 11.3 Å². The lowest BCUT2D eigenvalue weighted by Crippen LogP contribution is -2.13. The Labute approximate surface area is 154 Å². The predicted molar refractivity (Wildman–Crippen MR) is 98.3 cm³/mol. The van der Waals surface area contributed by atoms with E-state index in [1.807, 2.05) is 13.0 Å². The first-order valence-electron chi connectivity index (χ1n) is 8.01. The van der Waals surface area contributed by atoms with E-state index in [9.17, 15) is 9.59 Å². The molecule has 25 heavy (non-hydrogen) atoms. The van der Waals surface area contributed by atoms with Crippen LogP contribution in [-0.4, -0.2) is 24.9 Å². The van der Waals surface area contributed by atoms with Crippen LogP contribution in [0.4, 0.5) is 5.69 Å². The monoisotopic (exact) mass is 379 g/mol. The van der Waals surface area contributed by atoms with Gasteiger partial charge in [-0.2, -0.15) is 0 Å². The quantitative estimate of drug-likeness (QED) is 0.778. The normalized spacial score (nSPS) is 13.2. The number of rotatable bonds is 5. The van der Waals surface area contributed by atoms with Crippen LogP contribution in [-0.2, 0) is 4.79 Å². The standard InChI is InChI=1S/C18H18ClNO4S/c1-11-3-5-17(25-11)14(21)4-6-18(22)20-13-10-16-15(9-12(13)19)23-7-2-8-24-16/h3,5,9-10H,2,4,6-8H2,1H3,(H,20,22). The molecule has 132 valence electrons. The molecule has 0 fully saturated rings. The zero-order valence-electron chi connectivity index (χ0n) is 13.8. The smallest absolute Gasteiger partial charge is 0.224 e. The highest BCUT2D eigenvalue weighted by Crippen LogP contribution is 2.37. The topological polar surface area (TPSA) is 64.6 Å². The maximum Gasteiger partial charge on any atom is 0.224 e. The fourth-order valence-corrected chi connectivity index (χ4v) is 3.46. The van der Waals surface area contributed by atoms with Crippen LogP contribution in [0.5, 0.6) is 11.5 Å². The molecule has 0 spiro atoms. The molecule has 1 aromatic carbocycles. The number of Topliss-reactive ketones (excluding diaryl/α,β-unsaturated/α-hetero) is 1. The van der Waals surface area contributed by atoms with Gasteiger partial charge in [-0.25, -0.2) is 0 Å². The number of thiophene rings is 1. The molecule has 0 unspecified atom stereocenters. The average Bonchev–Trinajstić information content (AvgIpc) is 2.89. The summed E-state index contributed by atoms with van der Waals surface area (Å²) in [6.07, 6.45) is 1.05. The molecular weight excluding hydrogens is 362 g/mol. The molecular formula is C18H18ClNO4S. The van der Waals surface area contributed by atoms with Crippen LogP contribution in [0.3, 0.4) is 0 Å². The van der Waals surface area contributed by atoms with E-state index in [0.29, 0.717) is 40.3 Å². The van der Waals surface area contributed by atoms with Crippen molar-refractivity contribution in [2.75, 3.05) is 18.5 Å². The van der Waals surface area contributed by atoms with Crippen molar-refractivity contribution in [2.45, 2.75) is 26.2 Å². The summed E-state index contributed by atoms with van der Waals surface area (Å²) in [6, 6.07) is 6.99. The Morgan fingerprint density at radius 1 is 1.16 bits per heavy atom. The average molecular weight is 380 g/mol. The number of nitrogens with one attached hydrogen (secondary N) is 1. The summed E-state index contributed by atoms with van der Waals surface area (Å²) in [6.45, 7) is 3.07. The first-order valence-corrected chi connectivity index (χ1v) is 9.21. The van der Waals surface area contributed by atoms with Crippen molar-refractivity contribution in [1.82, 2.24) is 0 Å². The Morgan fingerprint density at radius 3 is 2.56 bits per heavy atom. The second-order valence-corrected chi connectivity index (χ2v) is 7.41. The number of anilines is 1. The maximum absolute atomic E-state index is 12.2. The molecule has 0 saturated carbocycles. The Hall–Kier alpha value is -2.05. The molecule has 5 nitrogen and oxygen atoms in total. The molecule has 3 rings (SSSR count). The van der Waals surface area contributed by atoms with Gasteiger partial charge >= 0.3 is 0 Å².